The van der Waals surface area contributed by atoms with Crippen LogP contribution in [-0.2, 0) is 6.54 Å². The monoisotopic (exact) mass is 359 g/mol. The molecule has 1 aliphatic carbocycles. The van der Waals surface area contributed by atoms with E-state index in [-0.39, 0.29) is 0 Å². The van der Waals surface area contributed by atoms with E-state index in [1.807, 2.05) is 13.8 Å². The predicted molar refractivity (Wildman–Crippen MR) is 99.3 cm³/mol. The van der Waals surface area contributed by atoms with Crippen molar-refractivity contribution in [3.63, 3.8) is 0 Å². The van der Waals surface area contributed by atoms with E-state index in [0.29, 0.717) is 5.92 Å². The van der Waals surface area contributed by atoms with Gasteiger partial charge in [-0.25, -0.2) is 9.97 Å². The van der Waals surface area contributed by atoms with Crippen molar-refractivity contribution >= 4 is 17.6 Å². The Morgan fingerprint density at radius 3 is 2.52 bits per heavy atom. The molecule has 1 saturated carbocycles. The lowest BCUT2D eigenvalue weighted by Crippen LogP contribution is -2.46. The van der Waals surface area contributed by atoms with Crippen LogP contribution >= 0.6 is 11.8 Å². The third-order valence-corrected chi connectivity index (χ3v) is 5.70. The largest absolute Gasteiger partial charge is 0.361 e. The Labute approximate surface area is 153 Å². The minimum absolute atomic E-state index is 0.661. The van der Waals surface area contributed by atoms with Gasteiger partial charge in [0.25, 0.3) is 0 Å². The van der Waals surface area contributed by atoms with Crippen LogP contribution in [-0.4, -0.2) is 52.5 Å². The lowest BCUT2D eigenvalue weighted by atomic mass is 10.1. The number of hydrogen-bond acceptors (Lipinski definition) is 7. The summed E-state index contributed by atoms with van der Waals surface area (Å²) in [7, 11) is 0. The molecule has 0 spiro atoms. The number of aromatic nitrogens is 3. The minimum atomic E-state index is 0.661. The van der Waals surface area contributed by atoms with E-state index in [9.17, 15) is 0 Å². The summed E-state index contributed by atoms with van der Waals surface area (Å²) in [5.41, 5.74) is 3.47. The molecule has 0 atom stereocenters. The summed E-state index contributed by atoms with van der Waals surface area (Å²) in [4.78, 5) is 14.3. The maximum atomic E-state index is 5.29. The summed E-state index contributed by atoms with van der Waals surface area (Å²) in [6.07, 6.45) is 4.60. The summed E-state index contributed by atoms with van der Waals surface area (Å²) in [6, 6.07) is 2.21. The Morgan fingerprint density at radius 2 is 1.92 bits per heavy atom. The molecule has 6 nitrogen and oxygen atoms in total. The van der Waals surface area contributed by atoms with Crippen LogP contribution in [0.15, 0.2) is 15.7 Å². The Balaban J connectivity index is 1.42. The van der Waals surface area contributed by atoms with Crippen molar-refractivity contribution in [3.8, 4) is 0 Å². The van der Waals surface area contributed by atoms with Crippen LogP contribution in [0.5, 0.6) is 0 Å². The fraction of sp³-hybridized carbons (Fsp3) is 0.611. The Hall–Kier alpha value is -1.60. The zero-order valence-corrected chi connectivity index (χ0v) is 16.0. The first-order valence-electron chi connectivity index (χ1n) is 8.96. The van der Waals surface area contributed by atoms with Crippen LogP contribution in [0.1, 0.15) is 41.5 Å². The molecule has 0 bridgehead atoms. The molecule has 3 heterocycles. The number of piperazine rings is 1. The summed E-state index contributed by atoms with van der Waals surface area (Å²) in [5.74, 6) is 2.70. The van der Waals surface area contributed by atoms with E-state index in [0.717, 1.165) is 55.2 Å². The number of thioether (sulfide) groups is 1. The van der Waals surface area contributed by atoms with Crippen LogP contribution in [0.25, 0.3) is 0 Å². The highest BCUT2D eigenvalue weighted by atomic mass is 32.2. The van der Waals surface area contributed by atoms with Crippen LogP contribution in [0, 0.1) is 13.8 Å². The smallest absolute Gasteiger partial charge is 0.189 e. The highest BCUT2D eigenvalue weighted by Crippen LogP contribution is 2.40. The molecule has 0 N–H and O–H groups in total. The molecule has 0 radical (unpaired) electrons. The second kappa shape index (κ2) is 6.96. The average Bonchev–Trinajstić information content (AvgIpc) is 3.44. The number of anilines is 1. The standard InChI is InChI=1S/C18H25N5OS/c1-12-15(13(2)24-21-12)11-22-6-8-23(9-7-22)17-10-16(14-4-5-14)19-18(20-17)25-3/h10,14H,4-9,11H2,1-3H3. The van der Waals surface area contributed by atoms with Gasteiger partial charge in [-0.05, 0) is 32.9 Å². The molecule has 2 aliphatic rings. The van der Waals surface area contributed by atoms with E-state index in [1.165, 1.54) is 24.1 Å². The maximum Gasteiger partial charge on any atom is 0.189 e. The molecule has 2 fully saturated rings. The molecule has 4 rings (SSSR count). The van der Waals surface area contributed by atoms with Crippen LogP contribution in [0.4, 0.5) is 5.82 Å². The van der Waals surface area contributed by atoms with Gasteiger partial charge in [0, 0.05) is 50.3 Å². The first-order chi connectivity index (χ1) is 12.1. The molecule has 0 amide bonds. The topological polar surface area (TPSA) is 58.3 Å². The van der Waals surface area contributed by atoms with Crippen molar-refractivity contribution in [3.05, 3.63) is 28.8 Å². The Morgan fingerprint density at radius 1 is 1.16 bits per heavy atom. The van der Waals surface area contributed by atoms with Gasteiger partial charge in [-0.3, -0.25) is 4.90 Å². The second-order valence-corrected chi connectivity index (χ2v) is 7.75. The van der Waals surface area contributed by atoms with Gasteiger partial charge >= 0.3 is 0 Å². The quantitative estimate of drug-likeness (QED) is 0.601. The highest BCUT2D eigenvalue weighted by Gasteiger charge is 2.28. The van der Waals surface area contributed by atoms with E-state index in [4.69, 9.17) is 14.5 Å². The van der Waals surface area contributed by atoms with Gasteiger partial charge in [0.1, 0.15) is 11.6 Å². The van der Waals surface area contributed by atoms with Crippen molar-refractivity contribution < 1.29 is 4.52 Å². The summed E-state index contributed by atoms with van der Waals surface area (Å²) < 4.78 is 5.29. The Bertz CT molecular complexity index is 730. The molecule has 1 saturated heterocycles. The lowest BCUT2D eigenvalue weighted by molar-refractivity contribution is 0.247. The van der Waals surface area contributed by atoms with E-state index >= 15 is 0 Å². The number of aryl methyl sites for hydroxylation is 2. The van der Waals surface area contributed by atoms with Crippen molar-refractivity contribution in [2.75, 3.05) is 37.3 Å². The minimum Gasteiger partial charge on any atom is -0.361 e. The zero-order valence-electron chi connectivity index (χ0n) is 15.2. The molecule has 1 aliphatic heterocycles. The number of nitrogens with zero attached hydrogens (tertiary/aromatic N) is 5. The van der Waals surface area contributed by atoms with Gasteiger partial charge in [0.2, 0.25) is 0 Å². The molecule has 2 aromatic rings. The number of hydrogen-bond donors (Lipinski definition) is 0. The molecular weight excluding hydrogens is 334 g/mol. The fourth-order valence-corrected chi connectivity index (χ4v) is 3.74. The molecule has 0 unspecified atom stereocenters. The number of rotatable bonds is 5. The normalized spacial score (nSPS) is 18.8. The van der Waals surface area contributed by atoms with Crippen LogP contribution in [0.2, 0.25) is 0 Å². The van der Waals surface area contributed by atoms with Crippen molar-refractivity contribution in [1.29, 1.82) is 0 Å². The predicted octanol–water partition coefficient (Wildman–Crippen LogP) is 3.00. The lowest BCUT2D eigenvalue weighted by Gasteiger charge is -2.35. The third kappa shape index (κ3) is 3.67. The first kappa shape index (κ1) is 16.8. The van der Waals surface area contributed by atoms with Crippen LogP contribution < -0.4 is 4.90 Å². The van der Waals surface area contributed by atoms with E-state index in [2.05, 4.69) is 27.3 Å². The second-order valence-electron chi connectivity index (χ2n) is 6.98. The maximum absolute atomic E-state index is 5.29. The van der Waals surface area contributed by atoms with Gasteiger partial charge in [0.05, 0.1) is 11.4 Å². The molecular formula is C18H25N5OS. The molecule has 2 aromatic heterocycles. The van der Waals surface area contributed by atoms with Gasteiger partial charge < -0.3 is 9.42 Å². The summed E-state index contributed by atoms with van der Waals surface area (Å²) >= 11 is 1.64. The molecule has 25 heavy (non-hydrogen) atoms. The van der Waals surface area contributed by atoms with Crippen molar-refractivity contribution in [2.45, 2.75) is 44.3 Å². The molecule has 0 aromatic carbocycles. The van der Waals surface area contributed by atoms with Gasteiger partial charge in [-0.2, -0.15) is 0 Å². The third-order valence-electron chi connectivity index (χ3n) is 5.15. The van der Waals surface area contributed by atoms with Crippen molar-refractivity contribution in [1.82, 2.24) is 20.0 Å². The molecule has 134 valence electrons. The first-order valence-corrected chi connectivity index (χ1v) is 10.2. The average molecular weight is 359 g/mol. The van der Waals surface area contributed by atoms with E-state index in [1.54, 1.807) is 11.8 Å². The zero-order chi connectivity index (χ0) is 17.4. The Kier molecular flexibility index (Phi) is 4.69. The van der Waals surface area contributed by atoms with Crippen molar-refractivity contribution in [2.24, 2.45) is 0 Å². The van der Waals surface area contributed by atoms with Gasteiger partial charge in [0.15, 0.2) is 5.16 Å². The SMILES string of the molecule is CSc1nc(C2CC2)cc(N2CCN(Cc3c(C)noc3C)CC2)n1. The van der Waals surface area contributed by atoms with Gasteiger partial charge in [-0.15, -0.1) is 0 Å². The summed E-state index contributed by atoms with van der Waals surface area (Å²) in [5, 5.41) is 4.96. The van der Waals surface area contributed by atoms with Gasteiger partial charge in [-0.1, -0.05) is 16.9 Å². The molecule has 7 heteroatoms. The highest BCUT2D eigenvalue weighted by molar-refractivity contribution is 7.98. The van der Waals surface area contributed by atoms with E-state index < -0.39 is 0 Å². The summed E-state index contributed by atoms with van der Waals surface area (Å²) in [6.45, 7) is 8.99. The van der Waals surface area contributed by atoms with Crippen LogP contribution in [0.3, 0.4) is 0 Å². The fourth-order valence-electron chi connectivity index (χ4n) is 3.36.